The predicted octanol–water partition coefficient (Wildman–Crippen LogP) is 3.22. The number of amides is 1. The van der Waals surface area contributed by atoms with Crippen LogP contribution >= 0.6 is 0 Å². The number of fused-ring (bicyclic) bond motifs is 4. The highest BCUT2D eigenvalue weighted by Gasteiger charge is 2.25. The van der Waals surface area contributed by atoms with Crippen molar-refractivity contribution in [1.82, 2.24) is 19.9 Å². The van der Waals surface area contributed by atoms with Gasteiger partial charge in [-0.15, -0.1) is 0 Å². The van der Waals surface area contributed by atoms with Crippen LogP contribution in [-0.4, -0.2) is 26.2 Å². The van der Waals surface area contributed by atoms with Gasteiger partial charge in [-0.25, -0.2) is 4.98 Å². The van der Waals surface area contributed by atoms with Crippen molar-refractivity contribution < 1.29 is 9.59 Å². The fraction of sp³-hybridized carbons (Fsp3) is 0.250. The van der Waals surface area contributed by atoms with E-state index in [4.69, 9.17) is 11.5 Å². The Balaban J connectivity index is 1.42. The van der Waals surface area contributed by atoms with E-state index >= 15 is 0 Å². The summed E-state index contributed by atoms with van der Waals surface area (Å²) in [5, 5.41) is 4.66. The Morgan fingerprint density at radius 3 is 2.75 bits per heavy atom. The van der Waals surface area contributed by atoms with Gasteiger partial charge >= 0.3 is 0 Å². The van der Waals surface area contributed by atoms with Crippen LogP contribution in [0.5, 0.6) is 0 Å². The summed E-state index contributed by atoms with van der Waals surface area (Å²) >= 11 is 0. The van der Waals surface area contributed by atoms with Gasteiger partial charge < -0.3 is 21.4 Å². The first-order chi connectivity index (χ1) is 15.5. The van der Waals surface area contributed by atoms with Gasteiger partial charge in [0.2, 0.25) is 5.95 Å². The van der Waals surface area contributed by atoms with E-state index in [0.717, 1.165) is 47.1 Å². The monoisotopic (exact) mass is 428 g/mol. The summed E-state index contributed by atoms with van der Waals surface area (Å²) in [5.74, 6) is 0.461. The van der Waals surface area contributed by atoms with E-state index in [9.17, 15) is 9.59 Å². The quantitative estimate of drug-likeness (QED) is 0.458. The summed E-state index contributed by atoms with van der Waals surface area (Å²) in [4.78, 5) is 33.6. The Labute approximate surface area is 184 Å². The number of nitrogens with zero attached hydrogens (tertiary/aromatic N) is 3. The molecule has 5 rings (SSSR count). The zero-order valence-electron chi connectivity index (χ0n) is 17.8. The van der Waals surface area contributed by atoms with Gasteiger partial charge in [0, 0.05) is 41.4 Å². The first kappa shape index (κ1) is 20.0. The topological polar surface area (TPSA) is 129 Å². The van der Waals surface area contributed by atoms with Gasteiger partial charge in [0.15, 0.2) is 5.78 Å². The van der Waals surface area contributed by atoms with E-state index in [2.05, 4.69) is 19.9 Å². The Morgan fingerprint density at radius 2 is 1.94 bits per heavy atom. The number of hydrogen-bond acceptors (Lipinski definition) is 6. The van der Waals surface area contributed by atoms with Gasteiger partial charge in [0.1, 0.15) is 5.82 Å². The molecule has 0 saturated heterocycles. The number of carbonyl (C=O) groups is 2. The fourth-order valence-electron chi connectivity index (χ4n) is 4.62. The van der Waals surface area contributed by atoms with Crippen LogP contribution in [0, 0.1) is 0 Å². The summed E-state index contributed by atoms with van der Waals surface area (Å²) in [6.07, 6.45) is 2.30. The van der Waals surface area contributed by atoms with Crippen molar-refractivity contribution in [3.63, 3.8) is 0 Å². The summed E-state index contributed by atoms with van der Waals surface area (Å²) in [6, 6.07) is 11.2. The third-order valence-corrected chi connectivity index (χ3v) is 6.10. The molecule has 0 fully saturated rings. The fourth-order valence-corrected chi connectivity index (χ4v) is 4.62. The number of ketones is 1. The molecule has 162 valence electrons. The van der Waals surface area contributed by atoms with Crippen molar-refractivity contribution in [2.45, 2.75) is 39.3 Å². The maximum Gasteiger partial charge on any atom is 0.251 e. The summed E-state index contributed by atoms with van der Waals surface area (Å²) in [6.45, 7) is 3.10. The predicted molar refractivity (Wildman–Crippen MR) is 124 cm³/mol. The molecule has 0 aliphatic heterocycles. The van der Waals surface area contributed by atoms with E-state index in [-0.39, 0.29) is 17.6 Å². The number of carbonyl (C=O) groups excluding carboxylic acids is 2. The summed E-state index contributed by atoms with van der Waals surface area (Å²) in [7, 11) is 0. The van der Waals surface area contributed by atoms with E-state index < -0.39 is 0 Å². The minimum absolute atomic E-state index is 0.132. The molecule has 5 N–H and O–H groups in total. The molecule has 1 aliphatic rings. The number of aromatic nitrogens is 3. The zero-order valence-corrected chi connectivity index (χ0v) is 17.8. The van der Waals surface area contributed by atoms with Crippen molar-refractivity contribution in [1.29, 1.82) is 0 Å². The van der Waals surface area contributed by atoms with Crippen molar-refractivity contribution in [2.24, 2.45) is 0 Å². The van der Waals surface area contributed by atoms with Crippen molar-refractivity contribution in [2.75, 3.05) is 11.5 Å². The van der Waals surface area contributed by atoms with Crippen molar-refractivity contribution in [3.05, 3.63) is 58.8 Å². The van der Waals surface area contributed by atoms with Gasteiger partial charge in [0.05, 0.1) is 11.2 Å². The molecule has 2 aromatic heterocycles. The van der Waals surface area contributed by atoms with Crippen molar-refractivity contribution >= 4 is 45.3 Å². The lowest BCUT2D eigenvalue weighted by atomic mass is 9.94. The molecule has 0 saturated carbocycles. The molecule has 1 aliphatic carbocycles. The second-order valence-corrected chi connectivity index (χ2v) is 8.08. The molecule has 0 atom stereocenters. The number of nitrogens with one attached hydrogen (secondary N) is 1. The molecule has 2 heterocycles. The van der Waals surface area contributed by atoms with Crippen molar-refractivity contribution in [3.8, 4) is 0 Å². The largest absolute Gasteiger partial charge is 0.383 e. The van der Waals surface area contributed by atoms with Crippen LogP contribution in [0.3, 0.4) is 0 Å². The number of hydrogen-bond donors (Lipinski definition) is 3. The molecule has 4 aromatic rings. The second-order valence-electron chi connectivity index (χ2n) is 8.08. The van der Waals surface area contributed by atoms with Gasteiger partial charge in [0.25, 0.3) is 5.91 Å². The van der Waals surface area contributed by atoms with Gasteiger partial charge in [-0.1, -0.05) is 6.07 Å². The lowest BCUT2D eigenvalue weighted by Gasteiger charge is -2.13. The number of anilines is 2. The highest BCUT2D eigenvalue weighted by atomic mass is 16.1. The molecular weight excluding hydrogens is 404 g/mol. The average molecular weight is 428 g/mol. The smallest absolute Gasteiger partial charge is 0.251 e. The molecule has 2 aromatic carbocycles. The number of benzene rings is 2. The SMILES string of the molecule is CCn1c2c(c3cc(C(=O)NCc4ccc5nc(N)nc(N)c5c4)ccc31)CCCC2=O. The van der Waals surface area contributed by atoms with E-state index in [1.807, 2.05) is 43.3 Å². The van der Waals surface area contributed by atoms with Crippen LogP contribution < -0.4 is 16.8 Å². The number of nitrogens with two attached hydrogens (primary N) is 2. The normalized spacial score (nSPS) is 13.5. The van der Waals surface area contributed by atoms with E-state index in [1.54, 1.807) is 0 Å². The lowest BCUT2D eigenvalue weighted by molar-refractivity contribution is 0.0947. The Hall–Kier alpha value is -3.94. The molecule has 0 bridgehead atoms. The third kappa shape index (κ3) is 3.24. The third-order valence-electron chi connectivity index (χ3n) is 6.10. The van der Waals surface area contributed by atoms with Gasteiger partial charge in [-0.2, -0.15) is 4.98 Å². The minimum atomic E-state index is -0.173. The Bertz CT molecular complexity index is 1410. The highest BCUT2D eigenvalue weighted by Crippen LogP contribution is 2.33. The molecule has 8 heteroatoms. The maximum atomic E-state index is 12.9. The first-order valence-corrected chi connectivity index (χ1v) is 10.7. The number of rotatable bonds is 4. The van der Waals surface area contributed by atoms with Crippen LogP contribution in [0.1, 0.15) is 51.7 Å². The summed E-state index contributed by atoms with van der Waals surface area (Å²) in [5.41, 5.74) is 16.6. The molecule has 1 amide bonds. The number of nitrogen functional groups attached to an aromatic ring is 2. The standard InChI is InChI=1S/C24H24N6O2/c1-2-30-19-9-7-14(11-16(19)15-4-3-5-20(31)21(15)30)23(32)27-12-13-6-8-18-17(10-13)22(25)29-24(26)28-18/h6-11H,2-5,12H2,1H3,(H,27,32)(H4,25,26,28,29). The number of Topliss-reactive ketones (excluding diaryl/α,β-unsaturated/α-hetero) is 1. The summed E-state index contributed by atoms with van der Waals surface area (Å²) < 4.78 is 2.07. The van der Waals surface area contributed by atoms with Crippen LogP contribution in [0.15, 0.2) is 36.4 Å². The van der Waals surface area contributed by atoms with Crippen LogP contribution in [-0.2, 0) is 19.5 Å². The van der Waals surface area contributed by atoms with E-state index in [1.165, 1.54) is 0 Å². The zero-order chi connectivity index (χ0) is 22.4. The molecule has 0 unspecified atom stereocenters. The molecule has 0 radical (unpaired) electrons. The second kappa shape index (κ2) is 7.64. The van der Waals surface area contributed by atoms with Crippen LogP contribution in [0.2, 0.25) is 0 Å². The number of aryl methyl sites for hydroxylation is 2. The van der Waals surface area contributed by atoms with Crippen LogP contribution in [0.25, 0.3) is 21.8 Å². The minimum Gasteiger partial charge on any atom is -0.383 e. The highest BCUT2D eigenvalue weighted by molar-refractivity contribution is 6.06. The maximum absolute atomic E-state index is 12.9. The average Bonchev–Trinajstić information content (AvgIpc) is 3.11. The van der Waals surface area contributed by atoms with E-state index in [0.29, 0.717) is 35.2 Å². The molecular formula is C24H24N6O2. The Kier molecular flexibility index (Phi) is 4.77. The molecule has 8 nitrogen and oxygen atoms in total. The van der Waals surface area contributed by atoms with Gasteiger partial charge in [-0.05, 0) is 61.2 Å². The van der Waals surface area contributed by atoms with Gasteiger partial charge in [-0.3, -0.25) is 9.59 Å². The first-order valence-electron chi connectivity index (χ1n) is 10.7. The van der Waals surface area contributed by atoms with Crippen LogP contribution in [0.4, 0.5) is 11.8 Å². The Morgan fingerprint density at radius 1 is 1.09 bits per heavy atom. The molecule has 32 heavy (non-hydrogen) atoms. The molecule has 0 spiro atoms. The lowest BCUT2D eigenvalue weighted by Crippen LogP contribution is -2.22.